The van der Waals surface area contributed by atoms with Crippen LogP contribution in [0.25, 0.3) is 259 Å². The molecule has 0 N–H and O–H groups in total. The molecule has 111 heavy (non-hydrogen) atoms. The van der Waals surface area contributed by atoms with E-state index in [2.05, 4.69) is 325 Å². The van der Waals surface area contributed by atoms with Crippen molar-refractivity contribution in [1.82, 2.24) is 29.1 Å². The van der Waals surface area contributed by atoms with Crippen LogP contribution in [0.15, 0.2) is 332 Å². The summed E-state index contributed by atoms with van der Waals surface area (Å²) < 4.78 is 16.4. The van der Waals surface area contributed by atoms with Crippen LogP contribution in [0.3, 0.4) is 0 Å². The summed E-state index contributed by atoms with van der Waals surface area (Å²) in [5.74, 6) is 1.53. The molecule has 0 atom stereocenters. The number of thiophene rings is 2. The Bertz CT molecular complexity index is 8720. The number of hydrogen-bond acceptors (Lipinski definition) is 7. The van der Waals surface area contributed by atoms with Gasteiger partial charge in [-0.2, -0.15) is 0 Å². The first-order chi connectivity index (χ1) is 55.0. The molecule has 0 bridgehead atoms. The molecule has 7 heterocycles. The molecule has 7 aromatic heterocycles. The quantitative estimate of drug-likeness (QED) is 0.161. The van der Waals surface area contributed by atoms with Crippen LogP contribution in [0.1, 0.15) is 0 Å². The summed E-state index contributed by atoms with van der Waals surface area (Å²) in [7, 11) is 0. The maximum atomic E-state index is 6.66. The van der Waals surface area contributed by atoms with E-state index >= 15 is 0 Å². The molecular formula is C102H54N6OS2. The van der Waals surface area contributed by atoms with Gasteiger partial charge in [0.1, 0.15) is 22.5 Å². The number of para-hydroxylation sites is 1. The van der Waals surface area contributed by atoms with Crippen LogP contribution in [0, 0.1) is 0 Å². The zero-order valence-corrected chi connectivity index (χ0v) is 60.7. The highest BCUT2D eigenvalue weighted by molar-refractivity contribution is 7.26. The standard InChI is InChI=1S/C102H54N6OS2/c1-3-20-62-55(18-1)36-44-77-91-83(49-46-72-66-24-6-5-22-64(66)65-23-9-10-29-71(65)89(72)91)107(97(62)77)100-93(60-41-51-88-81(54-60)70-28-13-15-34-86(70)110-88)104-94-61-42-38-57(52-59(61)40-48-82(94)103-100)58-39-43-74-80(53-58)68-26-8-7-25-67(68)73-47-50-84-92(90(73)74)78-45-37-56-19-2-4-21-63(56)98(78)108(84)101-95(106-102-96(105-101)76-30-11-14-33-85(76)109-102)79-32-17-31-75-69-27-12-16-35-87(69)111-99(75)79/h1-54H. The van der Waals surface area contributed by atoms with Gasteiger partial charge in [0.15, 0.2) is 11.6 Å². The van der Waals surface area contributed by atoms with Crippen molar-refractivity contribution in [1.29, 1.82) is 0 Å². The number of fused-ring (bicyclic) bond motifs is 36. The molecule has 19 aromatic carbocycles. The second-order valence-corrected chi connectivity index (χ2v) is 31.8. The average molecular weight is 1440 g/mol. The number of aromatic nitrogens is 6. The number of benzene rings is 19. The molecule has 0 aliphatic rings. The predicted octanol–water partition coefficient (Wildman–Crippen LogP) is 28.6. The Hall–Kier alpha value is -14.2. The van der Waals surface area contributed by atoms with E-state index in [-0.39, 0.29) is 0 Å². The van der Waals surface area contributed by atoms with Gasteiger partial charge < -0.3 is 4.42 Å². The molecule has 7 nitrogen and oxygen atoms in total. The van der Waals surface area contributed by atoms with E-state index in [1.807, 2.05) is 23.5 Å². The Morgan fingerprint density at radius 1 is 0.252 bits per heavy atom. The lowest BCUT2D eigenvalue weighted by molar-refractivity contribution is 0.653. The topological polar surface area (TPSA) is 74.6 Å². The van der Waals surface area contributed by atoms with E-state index in [9.17, 15) is 0 Å². The first kappa shape index (κ1) is 59.9. The Labute approximate surface area is 638 Å². The molecule has 0 unspecified atom stereocenters. The minimum absolute atomic E-state index is 0.508. The fourth-order valence-electron chi connectivity index (χ4n) is 19.2. The highest BCUT2D eigenvalue weighted by Crippen LogP contribution is 2.52. The minimum atomic E-state index is 0.508. The van der Waals surface area contributed by atoms with E-state index in [1.54, 1.807) is 11.3 Å². The van der Waals surface area contributed by atoms with Crippen LogP contribution in [0.4, 0.5) is 0 Å². The molecular weight excluding hydrogens is 1390 g/mol. The Morgan fingerprint density at radius 2 is 0.721 bits per heavy atom. The van der Waals surface area contributed by atoms with E-state index in [4.69, 9.17) is 24.4 Å². The van der Waals surface area contributed by atoms with Gasteiger partial charge in [-0.3, -0.25) is 9.13 Å². The van der Waals surface area contributed by atoms with E-state index in [1.165, 1.54) is 111 Å². The van der Waals surface area contributed by atoms with Crippen molar-refractivity contribution >= 4 is 237 Å². The van der Waals surface area contributed by atoms with Crippen LogP contribution in [0.2, 0.25) is 0 Å². The predicted molar refractivity (Wildman–Crippen MR) is 471 cm³/mol. The normalized spacial score (nSPS) is 12.5. The van der Waals surface area contributed by atoms with Gasteiger partial charge in [-0.1, -0.05) is 261 Å². The highest BCUT2D eigenvalue weighted by Gasteiger charge is 2.29. The summed E-state index contributed by atoms with van der Waals surface area (Å²) in [6.07, 6.45) is 0. The van der Waals surface area contributed by atoms with Gasteiger partial charge in [-0.25, -0.2) is 19.9 Å². The van der Waals surface area contributed by atoms with Crippen molar-refractivity contribution < 1.29 is 4.42 Å². The van der Waals surface area contributed by atoms with Crippen molar-refractivity contribution in [3.05, 3.63) is 328 Å². The minimum Gasteiger partial charge on any atom is -0.436 e. The van der Waals surface area contributed by atoms with Crippen LogP contribution in [-0.2, 0) is 0 Å². The summed E-state index contributed by atoms with van der Waals surface area (Å²) in [5.41, 5.74) is 13.8. The fourth-order valence-corrected chi connectivity index (χ4v) is 21.5. The molecule has 0 aliphatic carbocycles. The van der Waals surface area contributed by atoms with Gasteiger partial charge in [0.25, 0.3) is 0 Å². The van der Waals surface area contributed by atoms with Crippen LogP contribution in [0.5, 0.6) is 0 Å². The molecule has 0 spiro atoms. The lowest BCUT2D eigenvalue weighted by Gasteiger charge is -2.16. The third-order valence-corrected chi connectivity index (χ3v) is 26.4. The Morgan fingerprint density at radius 3 is 1.40 bits per heavy atom. The van der Waals surface area contributed by atoms with Gasteiger partial charge in [0.2, 0.25) is 5.71 Å². The third-order valence-electron chi connectivity index (χ3n) is 24.0. The summed E-state index contributed by atoms with van der Waals surface area (Å²) >= 11 is 3.63. The van der Waals surface area contributed by atoms with Crippen molar-refractivity contribution in [2.75, 3.05) is 0 Å². The largest absolute Gasteiger partial charge is 0.436 e. The maximum absolute atomic E-state index is 6.66. The molecule has 0 amide bonds. The van der Waals surface area contributed by atoms with Crippen LogP contribution >= 0.6 is 22.7 Å². The zero-order chi connectivity index (χ0) is 72.0. The molecule has 0 saturated carbocycles. The third kappa shape index (κ3) is 8.24. The molecule has 0 radical (unpaired) electrons. The first-order valence-electron chi connectivity index (χ1n) is 37.7. The lowest BCUT2D eigenvalue weighted by Crippen LogP contribution is -2.04. The molecule has 0 fully saturated rings. The van der Waals surface area contributed by atoms with Crippen molar-refractivity contribution in [3.8, 4) is 45.3 Å². The van der Waals surface area contributed by atoms with Crippen molar-refractivity contribution in [3.63, 3.8) is 0 Å². The lowest BCUT2D eigenvalue weighted by atomic mass is 9.89. The summed E-state index contributed by atoms with van der Waals surface area (Å²) in [5, 5.41) is 31.7. The van der Waals surface area contributed by atoms with Gasteiger partial charge >= 0.3 is 0 Å². The van der Waals surface area contributed by atoms with Crippen LogP contribution < -0.4 is 0 Å². The van der Waals surface area contributed by atoms with E-state index in [0.717, 1.165) is 143 Å². The van der Waals surface area contributed by atoms with Gasteiger partial charge in [-0.15, -0.1) is 22.7 Å². The molecule has 0 aliphatic heterocycles. The number of hydrogen-bond donors (Lipinski definition) is 0. The first-order valence-corrected chi connectivity index (χ1v) is 39.4. The number of furan rings is 1. The average Bonchev–Trinajstić information content (AvgIpc) is 1.59. The molecule has 9 heteroatoms. The van der Waals surface area contributed by atoms with Crippen molar-refractivity contribution in [2.24, 2.45) is 0 Å². The zero-order valence-electron chi connectivity index (χ0n) is 59.1. The maximum Gasteiger partial charge on any atom is 0.247 e. The van der Waals surface area contributed by atoms with Crippen LogP contribution in [-0.4, -0.2) is 29.1 Å². The van der Waals surface area contributed by atoms with Gasteiger partial charge in [0.05, 0.1) is 33.1 Å². The van der Waals surface area contributed by atoms with Gasteiger partial charge in [-0.05, 0) is 148 Å². The number of nitrogens with zero attached hydrogens (tertiary/aromatic N) is 6. The molecule has 0 saturated heterocycles. The van der Waals surface area contributed by atoms with E-state index in [0.29, 0.717) is 5.71 Å². The summed E-state index contributed by atoms with van der Waals surface area (Å²) in [6, 6.07) is 121. The second-order valence-electron chi connectivity index (χ2n) is 29.7. The molecule has 26 rings (SSSR count). The Balaban J connectivity index is 0.699. The Kier molecular flexibility index (Phi) is 12.0. The summed E-state index contributed by atoms with van der Waals surface area (Å²) in [6.45, 7) is 0. The number of rotatable bonds is 5. The van der Waals surface area contributed by atoms with Crippen molar-refractivity contribution in [2.45, 2.75) is 0 Å². The second kappa shape index (κ2) is 22.2. The fraction of sp³-hybridized carbons (Fsp3) is 0. The summed E-state index contributed by atoms with van der Waals surface area (Å²) in [4.78, 5) is 23.4. The molecule has 510 valence electrons. The SMILES string of the molecule is c1ccc2c(c1)ccc1c3c4c5ccccc5c5ccccc5c4ccc3n(-c3nc4ccc5cc(-c6ccc7c(c6)c6ccccc6c6ccc8c(c9ccc%10ccccc%10c9n8-c8nc9c(nc8-c8cccc%10c8sc8ccccc8%10)oc8ccccc89)c67)ccc5c4nc3-c3ccc4sc5ccccc5c4c3)c21. The van der Waals surface area contributed by atoms with E-state index < -0.39 is 0 Å². The highest BCUT2D eigenvalue weighted by atomic mass is 32.1. The monoisotopic (exact) mass is 1440 g/mol. The van der Waals surface area contributed by atoms with Gasteiger partial charge in [0, 0.05) is 105 Å². The molecule has 26 aromatic rings. The smallest absolute Gasteiger partial charge is 0.247 e.